The second kappa shape index (κ2) is 7.83. The van der Waals surface area contributed by atoms with E-state index in [4.69, 9.17) is 0 Å². The van der Waals surface area contributed by atoms with Gasteiger partial charge in [-0.3, -0.25) is 14.2 Å². The second-order valence-corrected chi connectivity index (χ2v) is 6.88. The van der Waals surface area contributed by atoms with Crippen LogP contribution < -0.4 is 4.90 Å². The summed E-state index contributed by atoms with van der Waals surface area (Å²) in [7, 11) is 0. The summed E-state index contributed by atoms with van der Waals surface area (Å²) in [4.78, 5) is 36.1. The molecular weight excluding hydrogens is 373 g/mol. The average molecular weight is 393 g/mol. The molecule has 8 heteroatoms. The summed E-state index contributed by atoms with van der Waals surface area (Å²) in [6.45, 7) is 3.41. The Balaban J connectivity index is 1.40. The Hall–Kier alpha value is -3.55. The monoisotopic (exact) mass is 393 g/mol. The molecule has 1 saturated heterocycles. The first-order valence-electron chi connectivity index (χ1n) is 9.32. The number of halogens is 1. The molecule has 148 valence electrons. The van der Waals surface area contributed by atoms with Gasteiger partial charge in [0.2, 0.25) is 0 Å². The number of carbonyl (C=O) groups is 2. The van der Waals surface area contributed by atoms with Gasteiger partial charge in [0.15, 0.2) is 5.78 Å². The lowest BCUT2D eigenvalue weighted by atomic mass is 10.1. The molecule has 29 heavy (non-hydrogen) atoms. The van der Waals surface area contributed by atoms with Crippen LogP contribution in [0.3, 0.4) is 0 Å². The van der Waals surface area contributed by atoms with Gasteiger partial charge >= 0.3 is 0 Å². The van der Waals surface area contributed by atoms with Gasteiger partial charge in [-0.05, 0) is 37.3 Å². The van der Waals surface area contributed by atoms with Crippen LogP contribution in [-0.4, -0.2) is 57.3 Å². The van der Waals surface area contributed by atoms with Gasteiger partial charge in [-0.25, -0.2) is 14.4 Å². The summed E-state index contributed by atoms with van der Waals surface area (Å²) in [5.74, 6) is 0.00498. The molecule has 2 aromatic heterocycles. The van der Waals surface area contributed by atoms with Crippen LogP contribution in [0.1, 0.15) is 27.6 Å². The van der Waals surface area contributed by atoms with Crippen molar-refractivity contribution in [3.05, 3.63) is 72.2 Å². The van der Waals surface area contributed by atoms with E-state index in [0.29, 0.717) is 48.8 Å². The minimum Gasteiger partial charge on any atom is -0.366 e. The maximum atomic E-state index is 14.4. The second-order valence-electron chi connectivity index (χ2n) is 6.88. The highest BCUT2D eigenvalue weighted by molar-refractivity contribution is 5.95. The van der Waals surface area contributed by atoms with E-state index in [-0.39, 0.29) is 11.7 Å². The minimum absolute atomic E-state index is 0.0956. The summed E-state index contributed by atoms with van der Waals surface area (Å²) in [5.41, 5.74) is 1.32. The number of rotatable bonds is 4. The third kappa shape index (κ3) is 3.87. The van der Waals surface area contributed by atoms with Crippen LogP contribution in [0.5, 0.6) is 0 Å². The smallest absolute Gasteiger partial charge is 0.255 e. The number of imidazole rings is 1. The number of aromatic nitrogens is 3. The van der Waals surface area contributed by atoms with E-state index in [0.717, 1.165) is 0 Å². The number of benzene rings is 1. The standard InChI is InChI=1S/C21H20FN5O2/c1-15(28)16-2-4-19(18(22)12-16)25-8-10-26(11-9-25)21(29)17-3-5-20(24-13-17)27-7-6-23-14-27/h2-7,12-14H,8-11H2,1H3. The number of ketones is 1. The van der Waals surface area contributed by atoms with Gasteiger partial charge in [-0.15, -0.1) is 0 Å². The van der Waals surface area contributed by atoms with E-state index >= 15 is 0 Å². The van der Waals surface area contributed by atoms with Crippen LogP contribution >= 0.6 is 0 Å². The zero-order chi connectivity index (χ0) is 20.4. The molecule has 0 atom stereocenters. The Labute approximate surface area is 167 Å². The number of Topliss-reactive ketones (excluding diaryl/α,β-unsaturated/α-hetero) is 1. The van der Waals surface area contributed by atoms with Gasteiger partial charge in [0.05, 0.1) is 11.3 Å². The third-order valence-electron chi connectivity index (χ3n) is 5.03. The van der Waals surface area contributed by atoms with Gasteiger partial charge in [0.1, 0.15) is 18.0 Å². The van der Waals surface area contributed by atoms with Crippen LogP contribution in [0.4, 0.5) is 10.1 Å². The first-order valence-corrected chi connectivity index (χ1v) is 9.32. The minimum atomic E-state index is -0.420. The largest absolute Gasteiger partial charge is 0.366 e. The van der Waals surface area contributed by atoms with Crippen molar-refractivity contribution in [2.75, 3.05) is 31.1 Å². The van der Waals surface area contributed by atoms with E-state index in [1.807, 2.05) is 4.90 Å². The topological polar surface area (TPSA) is 71.3 Å². The maximum absolute atomic E-state index is 14.4. The number of piperazine rings is 1. The van der Waals surface area contributed by atoms with Crippen molar-refractivity contribution in [2.24, 2.45) is 0 Å². The van der Waals surface area contributed by atoms with Crippen molar-refractivity contribution < 1.29 is 14.0 Å². The average Bonchev–Trinajstić information content (AvgIpc) is 3.28. The predicted molar refractivity (Wildman–Crippen MR) is 106 cm³/mol. The lowest BCUT2D eigenvalue weighted by molar-refractivity contribution is 0.0746. The van der Waals surface area contributed by atoms with Crippen LogP contribution in [-0.2, 0) is 0 Å². The highest BCUT2D eigenvalue weighted by Crippen LogP contribution is 2.23. The molecule has 0 spiro atoms. The summed E-state index contributed by atoms with van der Waals surface area (Å²) >= 11 is 0. The molecule has 0 radical (unpaired) electrons. The molecule has 3 aromatic rings. The normalized spacial score (nSPS) is 14.1. The predicted octanol–water partition coefficient (Wildman–Crippen LogP) is 2.57. The highest BCUT2D eigenvalue weighted by Gasteiger charge is 2.24. The number of amides is 1. The number of carbonyl (C=O) groups excluding carboxylic acids is 2. The van der Waals surface area contributed by atoms with Gasteiger partial charge in [0.25, 0.3) is 5.91 Å². The summed E-state index contributed by atoms with van der Waals surface area (Å²) in [6, 6.07) is 8.05. The lowest BCUT2D eigenvalue weighted by Crippen LogP contribution is -2.49. The Morgan fingerprint density at radius 2 is 1.79 bits per heavy atom. The molecule has 7 nitrogen and oxygen atoms in total. The summed E-state index contributed by atoms with van der Waals surface area (Å²) in [5, 5.41) is 0. The van der Waals surface area contributed by atoms with Crippen LogP contribution in [0.15, 0.2) is 55.2 Å². The molecule has 3 heterocycles. The van der Waals surface area contributed by atoms with Crippen molar-refractivity contribution in [1.29, 1.82) is 0 Å². The molecule has 1 aliphatic heterocycles. The van der Waals surface area contributed by atoms with Gasteiger partial charge in [0, 0.05) is 50.3 Å². The van der Waals surface area contributed by atoms with Crippen LogP contribution in [0, 0.1) is 5.82 Å². The highest BCUT2D eigenvalue weighted by atomic mass is 19.1. The quantitative estimate of drug-likeness (QED) is 0.637. The van der Waals surface area contributed by atoms with Crippen molar-refractivity contribution >= 4 is 17.4 Å². The molecule has 4 rings (SSSR count). The fraction of sp³-hybridized carbons (Fsp3) is 0.238. The fourth-order valence-corrected chi connectivity index (χ4v) is 3.38. The molecule has 0 unspecified atom stereocenters. The SMILES string of the molecule is CC(=O)c1ccc(N2CCN(C(=O)c3ccc(-n4ccnc4)nc3)CC2)c(F)c1. The Kier molecular flexibility index (Phi) is 5.07. The maximum Gasteiger partial charge on any atom is 0.255 e. The van der Waals surface area contributed by atoms with E-state index < -0.39 is 5.82 Å². The van der Waals surface area contributed by atoms with Crippen molar-refractivity contribution in [3.8, 4) is 5.82 Å². The molecule has 0 N–H and O–H groups in total. The number of nitrogens with zero attached hydrogens (tertiary/aromatic N) is 5. The molecule has 1 fully saturated rings. The van der Waals surface area contributed by atoms with E-state index in [1.54, 1.807) is 58.7 Å². The first kappa shape index (κ1) is 18.8. The molecule has 0 aliphatic carbocycles. The zero-order valence-corrected chi connectivity index (χ0v) is 16.0. The molecular formula is C21H20FN5O2. The van der Waals surface area contributed by atoms with E-state index in [2.05, 4.69) is 9.97 Å². The molecule has 0 bridgehead atoms. The third-order valence-corrected chi connectivity index (χ3v) is 5.03. The number of hydrogen-bond donors (Lipinski definition) is 0. The van der Waals surface area contributed by atoms with Crippen molar-refractivity contribution in [1.82, 2.24) is 19.4 Å². The first-order chi connectivity index (χ1) is 14.0. The molecule has 1 amide bonds. The summed E-state index contributed by atoms with van der Waals surface area (Å²) < 4.78 is 16.1. The summed E-state index contributed by atoms with van der Waals surface area (Å²) in [6.07, 6.45) is 6.65. The number of anilines is 1. The van der Waals surface area contributed by atoms with Gasteiger partial charge in [-0.1, -0.05) is 0 Å². The Bertz CT molecular complexity index is 1030. The van der Waals surface area contributed by atoms with Gasteiger partial charge < -0.3 is 9.80 Å². The Morgan fingerprint density at radius 3 is 2.38 bits per heavy atom. The van der Waals surface area contributed by atoms with E-state index in [1.165, 1.54) is 13.0 Å². The fourth-order valence-electron chi connectivity index (χ4n) is 3.38. The molecule has 1 aromatic carbocycles. The Morgan fingerprint density at radius 1 is 1.03 bits per heavy atom. The van der Waals surface area contributed by atoms with Gasteiger partial charge in [-0.2, -0.15) is 0 Å². The van der Waals surface area contributed by atoms with Crippen LogP contribution in [0.2, 0.25) is 0 Å². The van der Waals surface area contributed by atoms with Crippen molar-refractivity contribution in [3.63, 3.8) is 0 Å². The molecule has 0 saturated carbocycles. The zero-order valence-electron chi connectivity index (χ0n) is 16.0. The van der Waals surface area contributed by atoms with Crippen LogP contribution in [0.25, 0.3) is 5.82 Å². The molecule has 1 aliphatic rings. The number of hydrogen-bond acceptors (Lipinski definition) is 5. The lowest BCUT2D eigenvalue weighted by Gasteiger charge is -2.36. The van der Waals surface area contributed by atoms with E-state index in [9.17, 15) is 14.0 Å². The van der Waals surface area contributed by atoms with Crippen molar-refractivity contribution in [2.45, 2.75) is 6.92 Å². The number of pyridine rings is 1.